The number of anilines is 1. The Bertz CT molecular complexity index is 1590. The highest BCUT2D eigenvalue weighted by atomic mass is 16.5. The Kier molecular flexibility index (Phi) is 6.82. The van der Waals surface area contributed by atoms with Gasteiger partial charge in [0.05, 0.1) is 17.6 Å². The van der Waals surface area contributed by atoms with Crippen molar-refractivity contribution in [1.82, 2.24) is 9.55 Å². The Morgan fingerprint density at radius 1 is 0.895 bits per heavy atom. The Labute approximate surface area is 223 Å². The maximum Gasteiger partial charge on any atom is 0.227 e. The van der Waals surface area contributed by atoms with E-state index in [2.05, 4.69) is 78.2 Å². The van der Waals surface area contributed by atoms with E-state index in [-0.39, 0.29) is 11.8 Å². The molecule has 192 valence electrons. The molecule has 0 spiro atoms. The van der Waals surface area contributed by atoms with Crippen LogP contribution < -0.4 is 9.64 Å². The summed E-state index contributed by atoms with van der Waals surface area (Å²) in [6.07, 6.45) is 3.32. The second kappa shape index (κ2) is 10.7. The van der Waals surface area contributed by atoms with E-state index in [1.807, 2.05) is 29.2 Å². The standard InChI is InChI=1S/C33H33N3O2/c1-2-24-11-5-7-15-30(24)36-23-27(22-32(36)37)33-34-29-14-6-8-16-31(29)35(33)19-9-10-20-38-28-18-17-25-12-3-4-13-26(25)21-28/h3-8,11-18,21,27H,2,9-10,19-20,22-23H2,1H3. The lowest BCUT2D eigenvalue weighted by Crippen LogP contribution is -2.25. The molecule has 38 heavy (non-hydrogen) atoms. The van der Waals surface area contributed by atoms with Crippen LogP contribution in [0.3, 0.4) is 0 Å². The van der Waals surface area contributed by atoms with E-state index in [1.165, 1.54) is 16.3 Å². The van der Waals surface area contributed by atoms with Crippen molar-refractivity contribution >= 4 is 33.4 Å². The molecule has 5 nitrogen and oxygen atoms in total. The number of carbonyl (C=O) groups excluding carboxylic acids is 1. The molecule has 0 radical (unpaired) electrons. The fraction of sp³-hybridized carbons (Fsp3) is 0.273. The van der Waals surface area contributed by atoms with Crippen molar-refractivity contribution < 1.29 is 9.53 Å². The molecule has 1 amide bonds. The molecule has 0 aliphatic carbocycles. The lowest BCUT2D eigenvalue weighted by atomic mass is 10.1. The van der Waals surface area contributed by atoms with Gasteiger partial charge in [0.25, 0.3) is 0 Å². The molecule has 0 saturated carbocycles. The summed E-state index contributed by atoms with van der Waals surface area (Å²) in [5.41, 5.74) is 4.38. The van der Waals surface area contributed by atoms with E-state index in [9.17, 15) is 4.79 Å². The minimum atomic E-state index is 0.0775. The molecule has 6 rings (SSSR count). The Balaban J connectivity index is 1.15. The van der Waals surface area contributed by atoms with E-state index in [1.54, 1.807) is 0 Å². The molecule has 2 heterocycles. The van der Waals surface area contributed by atoms with Crippen molar-refractivity contribution in [3.63, 3.8) is 0 Å². The zero-order valence-corrected chi connectivity index (χ0v) is 21.8. The zero-order chi connectivity index (χ0) is 25.9. The van der Waals surface area contributed by atoms with Gasteiger partial charge in [-0.2, -0.15) is 0 Å². The van der Waals surface area contributed by atoms with Gasteiger partial charge in [0, 0.05) is 31.1 Å². The van der Waals surface area contributed by atoms with Crippen LogP contribution in [0.25, 0.3) is 21.8 Å². The molecule has 5 heteroatoms. The van der Waals surface area contributed by atoms with E-state index >= 15 is 0 Å². The number of rotatable bonds is 9. The first-order valence-electron chi connectivity index (χ1n) is 13.7. The van der Waals surface area contributed by atoms with Gasteiger partial charge in [0.2, 0.25) is 5.91 Å². The van der Waals surface area contributed by atoms with Crippen molar-refractivity contribution in [2.24, 2.45) is 0 Å². The van der Waals surface area contributed by atoms with Crippen LogP contribution in [0.4, 0.5) is 5.69 Å². The SMILES string of the molecule is CCc1ccccc1N1CC(c2nc3ccccc3n2CCCCOc2ccc3ccccc3c2)CC1=O. The zero-order valence-electron chi connectivity index (χ0n) is 21.8. The third kappa shape index (κ3) is 4.76. The number of amides is 1. The monoisotopic (exact) mass is 503 g/mol. The first kappa shape index (κ1) is 24.2. The second-order valence-electron chi connectivity index (χ2n) is 10.1. The lowest BCUT2D eigenvalue weighted by Gasteiger charge is -2.20. The summed E-state index contributed by atoms with van der Waals surface area (Å²) >= 11 is 0. The molecule has 1 aliphatic rings. The number of ether oxygens (including phenoxy) is 1. The van der Waals surface area contributed by atoms with Crippen LogP contribution in [0.1, 0.15) is 43.5 Å². The quantitative estimate of drug-likeness (QED) is 0.201. The van der Waals surface area contributed by atoms with Crippen molar-refractivity contribution in [3.8, 4) is 5.75 Å². The highest BCUT2D eigenvalue weighted by molar-refractivity contribution is 5.97. The molecular weight excluding hydrogens is 470 g/mol. The van der Waals surface area contributed by atoms with Crippen LogP contribution in [0.5, 0.6) is 5.75 Å². The first-order chi connectivity index (χ1) is 18.7. The normalized spacial score (nSPS) is 15.6. The number of benzene rings is 4. The van der Waals surface area contributed by atoms with Crippen LogP contribution >= 0.6 is 0 Å². The molecule has 0 N–H and O–H groups in total. The Morgan fingerprint density at radius 2 is 1.68 bits per heavy atom. The van der Waals surface area contributed by atoms with Gasteiger partial charge in [-0.15, -0.1) is 0 Å². The molecule has 1 aliphatic heterocycles. The van der Waals surface area contributed by atoms with Gasteiger partial charge in [0.15, 0.2) is 0 Å². The molecule has 5 aromatic rings. The summed E-state index contributed by atoms with van der Waals surface area (Å²) < 4.78 is 8.41. The van der Waals surface area contributed by atoms with Crippen molar-refractivity contribution in [3.05, 3.63) is 102 Å². The number of carbonyl (C=O) groups is 1. The number of nitrogens with zero attached hydrogens (tertiary/aromatic N) is 3. The fourth-order valence-corrected chi connectivity index (χ4v) is 5.65. The molecule has 4 aromatic carbocycles. The maximum absolute atomic E-state index is 13.1. The predicted molar refractivity (Wildman–Crippen MR) is 154 cm³/mol. The first-order valence-corrected chi connectivity index (χ1v) is 13.7. The number of aromatic nitrogens is 2. The van der Waals surface area contributed by atoms with Gasteiger partial charge in [-0.1, -0.05) is 67.6 Å². The van der Waals surface area contributed by atoms with Gasteiger partial charge >= 0.3 is 0 Å². The van der Waals surface area contributed by atoms with Gasteiger partial charge in [-0.05, 0) is 65.9 Å². The van der Waals surface area contributed by atoms with E-state index in [4.69, 9.17) is 9.72 Å². The Morgan fingerprint density at radius 3 is 2.58 bits per heavy atom. The molecule has 1 atom stereocenters. The fourth-order valence-electron chi connectivity index (χ4n) is 5.65. The predicted octanol–water partition coefficient (Wildman–Crippen LogP) is 7.13. The van der Waals surface area contributed by atoms with E-state index in [0.29, 0.717) is 19.6 Å². The maximum atomic E-state index is 13.1. The number of fused-ring (bicyclic) bond motifs is 2. The number of hydrogen-bond acceptors (Lipinski definition) is 3. The van der Waals surface area contributed by atoms with Gasteiger partial charge < -0.3 is 14.2 Å². The molecule has 1 saturated heterocycles. The second-order valence-corrected chi connectivity index (χ2v) is 10.1. The summed E-state index contributed by atoms with van der Waals surface area (Å²) in [5, 5.41) is 2.42. The van der Waals surface area contributed by atoms with Crippen molar-refractivity contribution in [1.29, 1.82) is 0 Å². The Hall–Kier alpha value is -4.12. The van der Waals surface area contributed by atoms with Crippen LogP contribution in [-0.4, -0.2) is 28.6 Å². The summed E-state index contributed by atoms with van der Waals surface area (Å²) in [6, 6.07) is 31.2. The van der Waals surface area contributed by atoms with E-state index < -0.39 is 0 Å². The molecule has 1 unspecified atom stereocenters. The molecule has 1 aromatic heterocycles. The van der Waals surface area contributed by atoms with Crippen LogP contribution in [0.2, 0.25) is 0 Å². The van der Waals surface area contributed by atoms with Crippen molar-refractivity contribution in [2.45, 2.75) is 45.1 Å². The number of unbranched alkanes of at least 4 members (excludes halogenated alkanes) is 1. The van der Waals surface area contributed by atoms with Crippen LogP contribution in [-0.2, 0) is 17.8 Å². The summed E-state index contributed by atoms with van der Waals surface area (Å²) in [7, 11) is 0. The topological polar surface area (TPSA) is 47.4 Å². The molecular formula is C33H33N3O2. The molecule has 0 bridgehead atoms. The number of aryl methyl sites for hydroxylation is 2. The third-order valence-electron chi connectivity index (χ3n) is 7.60. The average Bonchev–Trinajstić information content (AvgIpc) is 3.53. The smallest absolute Gasteiger partial charge is 0.227 e. The largest absolute Gasteiger partial charge is 0.494 e. The highest BCUT2D eigenvalue weighted by Gasteiger charge is 2.35. The third-order valence-corrected chi connectivity index (χ3v) is 7.60. The average molecular weight is 504 g/mol. The number of para-hydroxylation sites is 3. The van der Waals surface area contributed by atoms with Crippen LogP contribution in [0, 0.1) is 0 Å². The lowest BCUT2D eigenvalue weighted by molar-refractivity contribution is -0.117. The minimum absolute atomic E-state index is 0.0775. The van der Waals surface area contributed by atoms with Gasteiger partial charge in [-0.3, -0.25) is 4.79 Å². The van der Waals surface area contributed by atoms with E-state index in [0.717, 1.165) is 54.1 Å². The summed E-state index contributed by atoms with van der Waals surface area (Å²) in [4.78, 5) is 20.1. The summed E-state index contributed by atoms with van der Waals surface area (Å²) in [6.45, 7) is 4.33. The highest BCUT2D eigenvalue weighted by Crippen LogP contribution is 2.35. The van der Waals surface area contributed by atoms with Crippen molar-refractivity contribution in [2.75, 3.05) is 18.1 Å². The van der Waals surface area contributed by atoms with Gasteiger partial charge in [0.1, 0.15) is 11.6 Å². The molecule has 1 fully saturated rings. The number of hydrogen-bond donors (Lipinski definition) is 0. The van der Waals surface area contributed by atoms with Gasteiger partial charge in [-0.25, -0.2) is 4.98 Å². The number of imidazole rings is 1. The minimum Gasteiger partial charge on any atom is -0.494 e. The summed E-state index contributed by atoms with van der Waals surface area (Å²) in [5.74, 6) is 2.19. The van der Waals surface area contributed by atoms with Crippen LogP contribution in [0.15, 0.2) is 91.0 Å².